The summed E-state index contributed by atoms with van der Waals surface area (Å²) in [6.07, 6.45) is 1.39. The zero-order valence-electron chi connectivity index (χ0n) is 11.0. The van der Waals surface area contributed by atoms with Crippen LogP contribution >= 0.6 is 22.6 Å². The van der Waals surface area contributed by atoms with Gasteiger partial charge in [0.2, 0.25) is 0 Å². The van der Waals surface area contributed by atoms with Crippen LogP contribution in [-0.4, -0.2) is 71.6 Å². The van der Waals surface area contributed by atoms with Crippen molar-refractivity contribution >= 4 is 22.6 Å². The Kier molecular flexibility index (Phi) is 3.43. The highest BCUT2D eigenvalue weighted by Gasteiger charge is 2.52. The third-order valence-corrected chi connectivity index (χ3v) is 5.83. The molecular formula is C13H24IN3. The average Bonchev–Trinajstić information content (AvgIpc) is 2.22. The molecule has 17 heavy (non-hydrogen) atoms. The van der Waals surface area contributed by atoms with Crippen molar-refractivity contribution in [3.63, 3.8) is 0 Å². The van der Waals surface area contributed by atoms with E-state index < -0.39 is 0 Å². The van der Waals surface area contributed by atoms with Gasteiger partial charge in [0, 0.05) is 50.7 Å². The lowest BCUT2D eigenvalue weighted by atomic mass is 9.71. The predicted octanol–water partition coefficient (Wildman–Crippen LogP) is 1.34. The van der Waals surface area contributed by atoms with Crippen LogP contribution in [-0.2, 0) is 0 Å². The molecule has 0 aromatic carbocycles. The monoisotopic (exact) mass is 349 g/mol. The van der Waals surface area contributed by atoms with Crippen molar-refractivity contribution in [2.45, 2.75) is 19.4 Å². The molecule has 0 radical (unpaired) electrons. The minimum Gasteiger partial charge on any atom is -0.305 e. The largest absolute Gasteiger partial charge is 0.305 e. The van der Waals surface area contributed by atoms with Gasteiger partial charge in [0.05, 0.1) is 4.55 Å². The standard InChI is InChI=1S/C13H24IN3/c1-11-5-16(10-14)4-3-12(11)17-8-13(9-17)6-15(2)7-13/h11-12H,3-10H2,1-2H3/t11-,12?/m1/s1. The molecular weight excluding hydrogens is 325 g/mol. The maximum atomic E-state index is 2.77. The van der Waals surface area contributed by atoms with E-state index in [9.17, 15) is 0 Å². The summed E-state index contributed by atoms with van der Waals surface area (Å²) < 4.78 is 1.20. The first-order chi connectivity index (χ1) is 8.12. The summed E-state index contributed by atoms with van der Waals surface area (Å²) in [6, 6.07) is 0.866. The van der Waals surface area contributed by atoms with E-state index in [1.54, 1.807) is 0 Å². The fourth-order valence-electron chi connectivity index (χ4n) is 4.22. The number of hydrogen-bond donors (Lipinski definition) is 0. The number of halogens is 1. The molecule has 3 saturated heterocycles. The van der Waals surface area contributed by atoms with E-state index in [-0.39, 0.29) is 0 Å². The molecule has 0 saturated carbocycles. The third kappa shape index (κ3) is 2.26. The van der Waals surface area contributed by atoms with Gasteiger partial charge >= 0.3 is 0 Å². The van der Waals surface area contributed by atoms with E-state index in [2.05, 4.69) is 51.3 Å². The van der Waals surface area contributed by atoms with Crippen molar-refractivity contribution in [1.29, 1.82) is 0 Å². The summed E-state index contributed by atoms with van der Waals surface area (Å²) in [5, 5.41) is 0. The Bertz CT molecular complexity index is 282. The van der Waals surface area contributed by atoms with Crippen LogP contribution in [0.15, 0.2) is 0 Å². The topological polar surface area (TPSA) is 9.72 Å². The molecule has 3 rings (SSSR count). The van der Waals surface area contributed by atoms with Crippen LogP contribution in [0.4, 0.5) is 0 Å². The van der Waals surface area contributed by atoms with E-state index in [0.29, 0.717) is 5.41 Å². The van der Waals surface area contributed by atoms with Crippen LogP contribution in [0.1, 0.15) is 13.3 Å². The minimum atomic E-state index is 0.703. The molecule has 4 heteroatoms. The number of nitrogens with zero attached hydrogens (tertiary/aromatic N) is 3. The van der Waals surface area contributed by atoms with Crippen LogP contribution in [0.25, 0.3) is 0 Å². The fourth-order valence-corrected chi connectivity index (χ4v) is 4.84. The molecule has 0 aromatic heterocycles. The van der Waals surface area contributed by atoms with Crippen LogP contribution in [0.2, 0.25) is 0 Å². The van der Waals surface area contributed by atoms with Gasteiger partial charge < -0.3 is 4.90 Å². The second-order valence-electron chi connectivity index (χ2n) is 6.61. The van der Waals surface area contributed by atoms with Crippen LogP contribution in [0.5, 0.6) is 0 Å². The molecule has 1 unspecified atom stereocenters. The smallest absolute Gasteiger partial charge is 0.0505 e. The van der Waals surface area contributed by atoms with Crippen molar-refractivity contribution in [1.82, 2.24) is 14.7 Å². The molecule has 0 aliphatic carbocycles. The highest BCUT2D eigenvalue weighted by Crippen LogP contribution is 2.41. The van der Waals surface area contributed by atoms with Gasteiger partial charge in [0.15, 0.2) is 0 Å². The Labute approximate surface area is 119 Å². The highest BCUT2D eigenvalue weighted by atomic mass is 127. The van der Waals surface area contributed by atoms with Crippen molar-refractivity contribution in [3.8, 4) is 0 Å². The Morgan fingerprint density at radius 1 is 1.24 bits per heavy atom. The summed E-state index contributed by atoms with van der Waals surface area (Å²) in [5.74, 6) is 0.855. The molecule has 0 bridgehead atoms. The second-order valence-corrected chi connectivity index (χ2v) is 7.29. The summed E-state index contributed by atoms with van der Waals surface area (Å²) >= 11 is 2.49. The first-order valence-electron chi connectivity index (χ1n) is 6.83. The van der Waals surface area contributed by atoms with Gasteiger partial charge in [-0.1, -0.05) is 29.5 Å². The summed E-state index contributed by atoms with van der Waals surface area (Å²) in [4.78, 5) is 7.82. The molecule has 3 aliphatic heterocycles. The first-order valence-corrected chi connectivity index (χ1v) is 8.35. The van der Waals surface area contributed by atoms with Crippen LogP contribution in [0.3, 0.4) is 0 Å². The van der Waals surface area contributed by atoms with Gasteiger partial charge in [-0.2, -0.15) is 0 Å². The van der Waals surface area contributed by atoms with Gasteiger partial charge in [-0.05, 0) is 19.4 Å². The van der Waals surface area contributed by atoms with Crippen molar-refractivity contribution < 1.29 is 0 Å². The van der Waals surface area contributed by atoms with E-state index >= 15 is 0 Å². The zero-order chi connectivity index (χ0) is 12.0. The van der Waals surface area contributed by atoms with Crippen molar-refractivity contribution in [2.75, 3.05) is 50.9 Å². The van der Waals surface area contributed by atoms with Gasteiger partial charge in [-0.15, -0.1) is 0 Å². The summed E-state index contributed by atoms with van der Waals surface area (Å²) in [6.45, 7) is 10.5. The molecule has 3 aliphatic rings. The number of piperidine rings is 1. The number of hydrogen-bond acceptors (Lipinski definition) is 3. The molecule has 1 spiro atoms. The normalized spacial score (nSPS) is 39.0. The number of likely N-dealkylation sites (tertiary alicyclic amines) is 3. The van der Waals surface area contributed by atoms with E-state index in [1.807, 2.05) is 0 Å². The van der Waals surface area contributed by atoms with Gasteiger partial charge in [0.25, 0.3) is 0 Å². The highest BCUT2D eigenvalue weighted by molar-refractivity contribution is 14.1. The van der Waals surface area contributed by atoms with Crippen LogP contribution < -0.4 is 0 Å². The van der Waals surface area contributed by atoms with E-state index in [4.69, 9.17) is 0 Å². The van der Waals surface area contributed by atoms with Gasteiger partial charge in [-0.25, -0.2) is 0 Å². The second kappa shape index (κ2) is 4.62. The Balaban J connectivity index is 1.50. The Morgan fingerprint density at radius 2 is 1.94 bits per heavy atom. The van der Waals surface area contributed by atoms with Gasteiger partial charge in [-0.3, -0.25) is 9.80 Å². The molecule has 0 amide bonds. The maximum Gasteiger partial charge on any atom is 0.0505 e. The van der Waals surface area contributed by atoms with Crippen LogP contribution in [0, 0.1) is 11.3 Å². The SMILES string of the molecule is C[C@@H]1CN(CI)CCC1N1CC2(CN(C)C2)C1. The summed E-state index contributed by atoms with van der Waals surface area (Å²) in [7, 11) is 2.25. The lowest BCUT2D eigenvalue weighted by Crippen LogP contribution is -2.73. The first kappa shape index (κ1) is 12.6. The Morgan fingerprint density at radius 3 is 2.47 bits per heavy atom. The minimum absolute atomic E-state index is 0.703. The van der Waals surface area contributed by atoms with Crippen molar-refractivity contribution in [3.05, 3.63) is 0 Å². The molecule has 0 aromatic rings. The van der Waals surface area contributed by atoms with Crippen molar-refractivity contribution in [2.24, 2.45) is 11.3 Å². The molecule has 3 fully saturated rings. The van der Waals surface area contributed by atoms with E-state index in [0.717, 1.165) is 12.0 Å². The number of rotatable bonds is 2. The Hall–Kier alpha value is 0.610. The lowest BCUT2D eigenvalue weighted by Gasteiger charge is -2.62. The van der Waals surface area contributed by atoms with E-state index in [1.165, 1.54) is 50.2 Å². The third-order valence-electron chi connectivity index (χ3n) is 4.87. The lowest BCUT2D eigenvalue weighted by molar-refractivity contribution is -0.135. The predicted molar refractivity (Wildman–Crippen MR) is 79.5 cm³/mol. The fraction of sp³-hybridized carbons (Fsp3) is 1.00. The van der Waals surface area contributed by atoms with Gasteiger partial charge in [0.1, 0.15) is 0 Å². The molecule has 3 nitrogen and oxygen atoms in total. The molecule has 0 N–H and O–H groups in total. The summed E-state index contributed by atoms with van der Waals surface area (Å²) in [5.41, 5.74) is 0.703. The zero-order valence-corrected chi connectivity index (χ0v) is 13.2. The number of alkyl halides is 1. The molecule has 2 atom stereocenters. The quantitative estimate of drug-likeness (QED) is 0.423. The average molecular weight is 349 g/mol. The molecule has 98 valence electrons. The molecule has 3 heterocycles. The maximum absolute atomic E-state index is 2.77.